The van der Waals surface area contributed by atoms with Crippen molar-refractivity contribution in [1.82, 2.24) is 19.9 Å². The molecular formula is C15H12N4. The fourth-order valence-electron chi connectivity index (χ4n) is 1.98. The lowest BCUT2D eigenvalue weighted by Gasteiger charge is -2.06. The molecule has 92 valence electrons. The summed E-state index contributed by atoms with van der Waals surface area (Å²) < 4.78 is 0. The summed E-state index contributed by atoms with van der Waals surface area (Å²) in [7, 11) is 0. The van der Waals surface area contributed by atoms with Gasteiger partial charge in [0.25, 0.3) is 0 Å². The fourth-order valence-corrected chi connectivity index (χ4v) is 1.98. The minimum Gasteiger partial charge on any atom is -0.261 e. The van der Waals surface area contributed by atoms with Crippen molar-refractivity contribution in [2.45, 2.75) is 6.92 Å². The Morgan fingerprint density at radius 1 is 0.684 bits per heavy atom. The summed E-state index contributed by atoms with van der Waals surface area (Å²) in [4.78, 5) is 16.9. The molecule has 0 atom stereocenters. The van der Waals surface area contributed by atoms with Gasteiger partial charge in [0.15, 0.2) is 0 Å². The number of hydrogen-bond donors (Lipinski definition) is 0. The number of aryl methyl sites for hydroxylation is 1. The van der Waals surface area contributed by atoms with Crippen molar-refractivity contribution in [3.63, 3.8) is 0 Å². The third-order valence-corrected chi connectivity index (χ3v) is 2.80. The Hall–Kier alpha value is -2.62. The van der Waals surface area contributed by atoms with Gasteiger partial charge in [-0.05, 0) is 30.7 Å². The van der Waals surface area contributed by atoms with Gasteiger partial charge in [-0.2, -0.15) is 0 Å². The molecular weight excluding hydrogens is 236 g/mol. The normalized spacial score (nSPS) is 10.4. The van der Waals surface area contributed by atoms with E-state index in [1.54, 1.807) is 37.2 Å². The van der Waals surface area contributed by atoms with Crippen LogP contribution >= 0.6 is 0 Å². The molecule has 0 saturated heterocycles. The maximum absolute atomic E-state index is 4.33. The number of nitrogens with zero attached hydrogens (tertiary/aromatic N) is 4. The van der Waals surface area contributed by atoms with E-state index in [1.165, 1.54) is 0 Å². The largest absolute Gasteiger partial charge is 0.261 e. The molecule has 0 amide bonds. The van der Waals surface area contributed by atoms with Gasteiger partial charge in [-0.15, -0.1) is 0 Å². The maximum atomic E-state index is 4.33. The SMILES string of the molecule is Cc1cc(-c2cnccn2)cc(-c2cnccn2)c1. The van der Waals surface area contributed by atoms with Crippen LogP contribution in [0.2, 0.25) is 0 Å². The third-order valence-electron chi connectivity index (χ3n) is 2.80. The van der Waals surface area contributed by atoms with E-state index in [9.17, 15) is 0 Å². The molecule has 0 N–H and O–H groups in total. The van der Waals surface area contributed by atoms with Crippen molar-refractivity contribution in [2.75, 3.05) is 0 Å². The Bertz CT molecular complexity index is 623. The van der Waals surface area contributed by atoms with Crippen LogP contribution in [0, 0.1) is 6.92 Å². The molecule has 0 saturated carbocycles. The molecule has 0 aliphatic rings. The predicted octanol–water partition coefficient (Wildman–Crippen LogP) is 2.91. The summed E-state index contributed by atoms with van der Waals surface area (Å²) in [5, 5.41) is 0. The zero-order chi connectivity index (χ0) is 13.1. The summed E-state index contributed by atoms with van der Waals surface area (Å²) in [5.74, 6) is 0. The lowest BCUT2D eigenvalue weighted by molar-refractivity contribution is 1.19. The summed E-state index contributed by atoms with van der Waals surface area (Å²) >= 11 is 0. The van der Waals surface area contributed by atoms with Crippen LogP contribution in [0.1, 0.15) is 5.56 Å². The van der Waals surface area contributed by atoms with Crippen LogP contribution in [0.3, 0.4) is 0 Å². The molecule has 0 unspecified atom stereocenters. The van der Waals surface area contributed by atoms with Crippen molar-refractivity contribution >= 4 is 0 Å². The lowest BCUT2D eigenvalue weighted by atomic mass is 10.0. The van der Waals surface area contributed by atoms with Crippen LogP contribution in [0.25, 0.3) is 22.5 Å². The van der Waals surface area contributed by atoms with Crippen molar-refractivity contribution in [2.24, 2.45) is 0 Å². The van der Waals surface area contributed by atoms with Gasteiger partial charge < -0.3 is 0 Å². The second-order valence-electron chi connectivity index (χ2n) is 4.27. The molecule has 0 fully saturated rings. The van der Waals surface area contributed by atoms with E-state index in [0.29, 0.717) is 0 Å². The van der Waals surface area contributed by atoms with Crippen LogP contribution in [-0.4, -0.2) is 19.9 Å². The first-order chi connectivity index (χ1) is 9.33. The molecule has 19 heavy (non-hydrogen) atoms. The fraction of sp³-hybridized carbons (Fsp3) is 0.0667. The number of aromatic nitrogens is 4. The van der Waals surface area contributed by atoms with E-state index in [1.807, 2.05) is 0 Å². The highest BCUT2D eigenvalue weighted by atomic mass is 14.8. The molecule has 0 aliphatic heterocycles. The highest BCUT2D eigenvalue weighted by Crippen LogP contribution is 2.25. The number of benzene rings is 1. The smallest absolute Gasteiger partial charge is 0.0885 e. The molecule has 4 nitrogen and oxygen atoms in total. The summed E-state index contributed by atoms with van der Waals surface area (Å²) in [6.45, 7) is 2.06. The Balaban J connectivity index is 2.12. The highest BCUT2D eigenvalue weighted by Gasteiger charge is 2.05. The summed E-state index contributed by atoms with van der Waals surface area (Å²) in [5.41, 5.74) is 4.94. The average Bonchev–Trinajstić information content (AvgIpc) is 2.48. The van der Waals surface area contributed by atoms with Gasteiger partial charge in [0, 0.05) is 35.9 Å². The lowest BCUT2D eigenvalue weighted by Crippen LogP contribution is -1.89. The van der Waals surface area contributed by atoms with E-state index in [2.05, 4.69) is 45.1 Å². The van der Waals surface area contributed by atoms with Crippen LogP contribution in [0.4, 0.5) is 0 Å². The van der Waals surface area contributed by atoms with Crippen LogP contribution in [-0.2, 0) is 0 Å². The number of hydrogen-bond acceptors (Lipinski definition) is 4. The quantitative estimate of drug-likeness (QED) is 0.699. The first-order valence-electron chi connectivity index (χ1n) is 5.97. The summed E-state index contributed by atoms with van der Waals surface area (Å²) in [6.07, 6.45) is 10.2. The van der Waals surface area contributed by atoms with Gasteiger partial charge in [0.1, 0.15) is 0 Å². The molecule has 0 spiro atoms. The molecule has 4 heteroatoms. The van der Waals surface area contributed by atoms with Gasteiger partial charge in [-0.25, -0.2) is 0 Å². The molecule has 3 rings (SSSR count). The van der Waals surface area contributed by atoms with Crippen LogP contribution in [0.5, 0.6) is 0 Å². The molecule has 1 aromatic carbocycles. The van der Waals surface area contributed by atoms with Crippen LogP contribution in [0.15, 0.2) is 55.4 Å². The Morgan fingerprint density at radius 2 is 1.21 bits per heavy atom. The van der Waals surface area contributed by atoms with Gasteiger partial charge in [0.05, 0.1) is 23.8 Å². The Labute approximate surface area is 111 Å². The molecule has 3 aromatic rings. The van der Waals surface area contributed by atoms with E-state index in [-0.39, 0.29) is 0 Å². The maximum Gasteiger partial charge on any atom is 0.0885 e. The Morgan fingerprint density at radius 3 is 1.63 bits per heavy atom. The van der Waals surface area contributed by atoms with Crippen LogP contribution < -0.4 is 0 Å². The predicted molar refractivity (Wildman–Crippen MR) is 73.2 cm³/mol. The van der Waals surface area contributed by atoms with Crippen molar-refractivity contribution < 1.29 is 0 Å². The molecule has 2 heterocycles. The van der Waals surface area contributed by atoms with E-state index < -0.39 is 0 Å². The monoisotopic (exact) mass is 248 g/mol. The standard InChI is InChI=1S/C15H12N4/c1-11-6-12(14-9-16-2-4-18-14)8-13(7-11)15-10-17-3-5-19-15/h2-10H,1H3. The second-order valence-corrected chi connectivity index (χ2v) is 4.27. The van der Waals surface area contributed by atoms with Gasteiger partial charge in [-0.1, -0.05) is 0 Å². The van der Waals surface area contributed by atoms with E-state index in [4.69, 9.17) is 0 Å². The zero-order valence-electron chi connectivity index (χ0n) is 10.5. The van der Waals surface area contributed by atoms with E-state index >= 15 is 0 Å². The van der Waals surface area contributed by atoms with Crippen molar-refractivity contribution in [1.29, 1.82) is 0 Å². The highest BCUT2D eigenvalue weighted by molar-refractivity contribution is 5.69. The van der Waals surface area contributed by atoms with Gasteiger partial charge in [-0.3, -0.25) is 19.9 Å². The van der Waals surface area contributed by atoms with Crippen molar-refractivity contribution in [3.8, 4) is 22.5 Å². The first kappa shape index (κ1) is 11.5. The minimum absolute atomic E-state index is 0.858. The molecule has 2 aromatic heterocycles. The average molecular weight is 248 g/mol. The van der Waals surface area contributed by atoms with Gasteiger partial charge in [0.2, 0.25) is 0 Å². The van der Waals surface area contributed by atoms with E-state index in [0.717, 1.165) is 28.1 Å². The number of rotatable bonds is 2. The minimum atomic E-state index is 0.858. The van der Waals surface area contributed by atoms with Gasteiger partial charge >= 0.3 is 0 Å². The third kappa shape index (κ3) is 2.47. The molecule has 0 radical (unpaired) electrons. The topological polar surface area (TPSA) is 51.6 Å². The molecule has 0 bridgehead atoms. The van der Waals surface area contributed by atoms with Crippen molar-refractivity contribution in [3.05, 3.63) is 60.9 Å². The second kappa shape index (κ2) is 4.94. The zero-order valence-corrected chi connectivity index (χ0v) is 10.5. The Kier molecular flexibility index (Phi) is 2.98. The molecule has 0 aliphatic carbocycles. The first-order valence-corrected chi connectivity index (χ1v) is 5.97. The summed E-state index contributed by atoms with van der Waals surface area (Å²) in [6, 6.07) is 6.23.